The zero-order valence-corrected chi connectivity index (χ0v) is 12.1. The lowest BCUT2D eigenvalue weighted by atomic mass is 10.1. The van der Waals surface area contributed by atoms with Gasteiger partial charge in [-0.1, -0.05) is 5.22 Å². The van der Waals surface area contributed by atoms with E-state index >= 15 is 0 Å². The van der Waals surface area contributed by atoms with E-state index in [1.807, 2.05) is 0 Å². The number of rotatable bonds is 5. The lowest BCUT2D eigenvalue weighted by molar-refractivity contribution is -0.0577. The second-order valence-corrected chi connectivity index (χ2v) is 4.96. The van der Waals surface area contributed by atoms with Gasteiger partial charge in [0.05, 0.1) is 12.8 Å². The van der Waals surface area contributed by atoms with Crippen LogP contribution >= 0.6 is 0 Å². The van der Waals surface area contributed by atoms with Gasteiger partial charge in [0.2, 0.25) is 0 Å². The lowest BCUT2D eigenvalue weighted by Gasteiger charge is -2.16. The van der Waals surface area contributed by atoms with Crippen molar-refractivity contribution in [2.45, 2.75) is 24.5 Å². The third-order valence-electron chi connectivity index (χ3n) is 3.11. The van der Waals surface area contributed by atoms with Crippen LogP contribution in [-0.2, 0) is 4.74 Å². The summed E-state index contributed by atoms with van der Waals surface area (Å²) < 4.78 is 6.44. The van der Waals surface area contributed by atoms with E-state index in [0.717, 1.165) is 4.68 Å². The monoisotopic (exact) mass is 314 g/mol. The Morgan fingerprint density at radius 1 is 1.50 bits per heavy atom. The number of hydrogen-bond acceptors (Lipinski definition) is 8. The SMILES string of the molecule is CN(C)N=Nc1c(C(N)=O)cnn1C1OC(CO)C(O)C1O. The van der Waals surface area contributed by atoms with E-state index in [1.165, 1.54) is 11.2 Å². The minimum Gasteiger partial charge on any atom is -0.394 e. The first kappa shape index (κ1) is 16.3. The van der Waals surface area contributed by atoms with Crippen LogP contribution in [0.25, 0.3) is 0 Å². The Kier molecular flexibility index (Phi) is 4.71. The number of aromatic nitrogens is 2. The third-order valence-corrected chi connectivity index (χ3v) is 3.11. The molecule has 1 aromatic heterocycles. The van der Waals surface area contributed by atoms with Crippen molar-refractivity contribution in [3.05, 3.63) is 11.8 Å². The fraction of sp³-hybridized carbons (Fsp3) is 0.636. The first-order valence-electron chi connectivity index (χ1n) is 6.45. The Balaban J connectivity index is 2.41. The van der Waals surface area contributed by atoms with E-state index < -0.39 is 37.1 Å². The highest BCUT2D eigenvalue weighted by atomic mass is 16.6. The predicted molar refractivity (Wildman–Crippen MR) is 72.0 cm³/mol. The maximum Gasteiger partial charge on any atom is 0.254 e. The van der Waals surface area contributed by atoms with E-state index in [9.17, 15) is 15.0 Å². The van der Waals surface area contributed by atoms with Crippen molar-refractivity contribution in [2.24, 2.45) is 16.1 Å². The van der Waals surface area contributed by atoms with Gasteiger partial charge in [0, 0.05) is 14.1 Å². The van der Waals surface area contributed by atoms with E-state index in [0.29, 0.717) is 0 Å². The number of nitrogens with two attached hydrogens (primary N) is 1. The molecule has 0 aliphatic carbocycles. The number of primary amides is 1. The van der Waals surface area contributed by atoms with E-state index in [2.05, 4.69) is 15.4 Å². The van der Waals surface area contributed by atoms with E-state index in [1.54, 1.807) is 14.1 Å². The van der Waals surface area contributed by atoms with Crippen LogP contribution in [0.4, 0.5) is 5.82 Å². The molecule has 1 fully saturated rings. The molecule has 4 atom stereocenters. The summed E-state index contributed by atoms with van der Waals surface area (Å²) in [4.78, 5) is 11.4. The summed E-state index contributed by atoms with van der Waals surface area (Å²) in [6, 6.07) is 0. The van der Waals surface area contributed by atoms with Gasteiger partial charge in [-0.15, -0.1) is 5.11 Å². The zero-order chi connectivity index (χ0) is 16.4. The molecule has 11 nitrogen and oxygen atoms in total. The summed E-state index contributed by atoms with van der Waals surface area (Å²) in [5, 5.41) is 41.8. The molecule has 0 bridgehead atoms. The molecule has 5 N–H and O–H groups in total. The Morgan fingerprint density at radius 3 is 2.68 bits per heavy atom. The maximum atomic E-state index is 11.4. The molecule has 2 rings (SSSR count). The zero-order valence-electron chi connectivity index (χ0n) is 12.1. The minimum atomic E-state index is -1.36. The van der Waals surface area contributed by atoms with Crippen molar-refractivity contribution in [1.29, 1.82) is 0 Å². The van der Waals surface area contributed by atoms with Gasteiger partial charge in [-0.2, -0.15) is 5.10 Å². The molecule has 2 heterocycles. The van der Waals surface area contributed by atoms with Crippen molar-refractivity contribution in [3.8, 4) is 0 Å². The molecule has 1 aromatic rings. The molecule has 0 radical (unpaired) electrons. The third kappa shape index (κ3) is 2.92. The molecular formula is C11H18N6O5. The largest absolute Gasteiger partial charge is 0.394 e. The molecule has 11 heteroatoms. The number of aliphatic hydroxyl groups excluding tert-OH is 3. The van der Waals surface area contributed by atoms with Gasteiger partial charge in [-0.3, -0.25) is 9.80 Å². The Hall–Kier alpha value is -2.08. The number of amides is 1. The Bertz CT molecular complexity index is 573. The fourth-order valence-electron chi connectivity index (χ4n) is 2.03. The van der Waals surface area contributed by atoms with Crippen molar-refractivity contribution in [2.75, 3.05) is 20.7 Å². The van der Waals surface area contributed by atoms with Crippen LogP contribution in [0.1, 0.15) is 16.6 Å². The summed E-state index contributed by atoms with van der Waals surface area (Å²) in [5.41, 5.74) is 5.24. The normalized spacial score (nSPS) is 28.4. The van der Waals surface area contributed by atoms with Crippen molar-refractivity contribution < 1.29 is 24.9 Å². The molecule has 0 aromatic carbocycles. The van der Waals surface area contributed by atoms with Gasteiger partial charge in [-0.05, 0) is 0 Å². The van der Waals surface area contributed by atoms with Crippen molar-refractivity contribution >= 4 is 11.7 Å². The first-order valence-corrected chi connectivity index (χ1v) is 6.45. The van der Waals surface area contributed by atoms with Gasteiger partial charge < -0.3 is 25.8 Å². The average Bonchev–Trinajstić information content (AvgIpc) is 2.99. The summed E-state index contributed by atoms with van der Waals surface area (Å²) in [6.07, 6.45) is -3.58. The fourth-order valence-corrected chi connectivity index (χ4v) is 2.03. The molecular weight excluding hydrogens is 296 g/mol. The van der Waals surface area contributed by atoms with E-state index in [4.69, 9.17) is 15.6 Å². The Morgan fingerprint density at radius 2 is 2.18 bits per heavy atom. The topological polar surface area (TPSA) is 159 Å². The van der Waals surface area contributed by atoms with Gasteiger partial charge >= 0.3 is 0 Å². The van der Waals surface area contributed by atoms with Crippen LogP contribution in [0.2, 0.25) is 0 Å². The molecule has 0 spiro atoms. The number of nitrogens with zero attached hydrogens (tertiary/aromatic N) is 5. The molecule has 1 aliphatic rings. The first-order chi connectivity index (χ1) is 10.4. The van der Waals surface area contributed by atoms with Crippen LogP contribution in [0.15, 0.2) is 16.5 Å². The summed E-state index contributed by atoms with van der Waals surface area (Å²) in [5.74, 6) is -0.790. The molecule has 4 unspecified atom stereocenters. The van der Waals surface area contributed by atoms with E-state index in [-0.39, 0.29) is 11.4 Å². The highest BCUT2D eigenvalue weighted by molar-refractivity contribution is 5.96. The molecule has 22 heavy (non-hydrogen) atoms. The van der Waals surface area contributed by atoms with Gasteiger partial charge in [-0.25, -0.2) is 4.68 Å². The predicted octanol–water partition coefficient (Wildman–Crippen LogP) is -1.85. The Labute approximate surface area is 125 Å². The summed E-state index contributed by atoms with van der Waals surface area (Å²) >= 11 is 0. The second-order valence-electron chi connectivity index (χ2n) is 4.96. The minimum absolute atomic E-state index is 0.0108. The van der Waals surface area contributed by atoms with Crippen LogP contribution < -0.4 is 5.73 Å². The van der Waals surface area contributed by atoms with Crippen LogP contribution in [-0.4, -0.2) is 75.0 Å². The number of ether oxygens (including phenoxy) is 1. The lowest BCUT2D eigenvalue weighted by Crippen LogP contribution is -2.33. The number of hydrogen-bond donors (Lipinski definition) is 4. The number of aliphatic hydroxyl groups is 3. The highest BCUT2D eigenvalue weighted by Crippen LogP contribution is 2.33. The van der Waals surface area contributed by atoms with Crippen LogP contribution in [0.3, 0.4) is 0 Å². The molecule has 0 saturated carbocycles. The number of carbonyl (C=O) groups is 1. The van der Waals surface area contributed by atoms with Crippen molar-refractivity contribution in [1.82, 2.24) is 14.8 Å². The van der Waals surface area contributed by atoms with Gasteiger partial charge in [0.15, 0.2) is 12.0 Å². The second kappa shape index (κ2) is 6.36. The molecule has 1 aliphatic heterocycles. The molecule has 122 valence electrons. The standard InChI is InChI=1S/C11H18N6O5/c1-16(2)15-14-10-5(9(12)21)3-13-17(10)11-8(20)7(19)6(4-18)22-11/h3,6-8,11,18-20H,4H2,1-2H3,(H2,12,21). The van der Waals surface area contributed by atoms with Crippen LogP contribution in [0.5, 0.6) is 0 Å². The molecule has 1 amide bonds. The number of carbonyl (C=O) groups excluding carboxylic acids is 1. The average molecular weight is 314 g/mol. The summed E-state index contributed by atoms with van der Waals surface area (Å²) in [7, 11) is 3.25. The van der Waals surface area contributed by atoms with Gasteiger partial charge in [0.1, 0.15) is 23.9 Å². The molecule has 1 saturated heterocycles. The van der Waals surface area contributed by atoms with Gasteiger partial charge in [0.25, 0.3) is 5.91 Å². The van der Waals surface area contributed by atoms with Crippen LogP contribution in [0, 0.1) is 0 Å². The maximum absolute atomic E-state index is 11.4. The van der Waals surface area contributed by atoms with Crippen molar-refractivity contribution in [3.63, 3.8) is 0 Å². The quantitative estimate of drug-likeness (QED) is 0.367. The summed E-state index contributed by atoms with van der Waals surface area (Å²) in [6.45, 7) is -0.479. The smallest absolute Gasteiger partial charge is 0.254 e. The highest BCUT2D eigenvalue weighted by Gasteiger charge is 2.45.